The zero-order valence-electron chi connectivity index (χ0n) is 10.2. The number of hydrogen-bond acceptors (Lipinski definition) is 4. The van der Waals surface area contributed by atoms with Crippen molar-refractivity contribution in [3.05, 3.63) is 11.8 Å². The first-order chi connectivity index (χ1) is 7.81. The van der Waals surface area contributed by atoms with Crippen LogP contribution in [0.4, 0.5) is 0 Å². The fourth-order valence-corrected chi connectivity index (χ4v) is 2.45. The average Bonchev–Trinajstić information content (AvgIpc) is 2.87. The van der Waals surface area contributed by atoms with Crippen LogP contribution >= 0.6 is 0 Å². The Balaban J connectivity index is 1.91. The molecule has 0 amide bonds. The largest absolute Gasteiger partial charge is 0.425 e. The summed E-state index contributed by atoms with van der Waals surface area (Å²) in [7, 11) is 1.96. The van der Waals surface area contributed by atoms with E-state index in [9.17, 15) is 0 Å². The molecule has 1 aromatic rings. The Morgan fingerprint density at radius 2 is 2.25 bits per heavy atom. The van der Waals surface area contributed by atoms with E-state index in [0.717, 1.165) is 31.2 Å². The summed E-state index contributed by atoms with van der Waals surface area (Å²) >= 11 is 0. The lowest BCUT2D eigenvalue weighted by Gasteiger charge is -2.09. The van der Waals surface area contributed by atoms with Gasteiger partial charge in [-0.15, -0.1) is 10.2 Å². The topological polar surface area (TPSA) is 51.0 Å². The summed E-state index contributed by atoms with van der Waals surface area (Å²) < 4.78 is 5.73. The minimum absolute atomic E-state index is 0.505. The van der Waals surface area contributed by atoms with Gasteiger partial charge in [0, 0.05) is 12.3 Å². The molecule has 0 bridgehead atoms. The highest BCUT2D eigenvalue weighted by molar-refractivity contribution is 4.97. The van der Waals surface area contributed by atoms with Gasteiger partial charge in [0.15, 0.2) is 0 Å². The van der Waals surface area contributed by atoms with E-state index in [-0.39, 0.29) is 0 Å². The molecule has 1 aliphatic carbocycles. The van der Waals surface area contributed by atoms with Crippen molar-refractivity contribution in [2.75, 3.05) is 13.6 Å². The van der Waals surface area contributed by atoms with Crippen molar-refractivity contribution >= 4 is 0 Å². The Hall–Kier alpha value is -0.900. The minimum Gasteiger partial charge on any atom is -0.425 e. The number of nitrogens with zero attached hydrogens (tertiary/aromatic N) is 2. The maximum Gasteiger partial charge on any atom is 0.219 e. The molecule has 1 heterocycles. The Bertz CT molecular complexity index is 324. The zero-order valence-corrected chi connectivity index (χ0v) is 10.2. The van der Waals surface area contributed by atoms with E-state index in [2.05, 4.69) is 22.4 Å². The van der Waals surface area contributed by atoms with E-state index in [1.807, 2.05) is 7.05 Å². The molecule has 0 radical (unpaired) electrons. The third-order valence-electron chi connectivity index (χ3n) is 3.48. The van der Waals surface area contributed by atoms with Crippen molar-refractivity contribution in [2.45, 2.75) is 44.9 Å². The molecule has 0 aromatic carbocycles. The summed E-state index contributed by atoms with van der Waals surface area (Å²) in [6, 6.07) is 0. The molecule has 0 spiro atoms. The second kappa shape index (κ2) is 5.43. The summed E-state index contributed by atoms with van der Waals surface area (Å²) in [6.45, 7) is 3.28. The molecule has 16 heavy (non-hydrogen) atoms. The van der Waals surface area contributed by atoms with Crippen LogP contribution in [0.5, 0.6) is 0 Å². The molecule has 90 valence electrons. The van der Waals surface area contributed by atoms with Crippen LogP contribution in [0.2, 0.25) is 0 Å². The van der Waals surface area contributed by atoms with Gasteiger partial charge in [-0.05, 0) is 38.8 Å². The van der Waals surface area contributed by atoms with Crippen molar-refractivity contribution in [1.29, 1.82) is 0 Å². The smallest absolute Gasteiger partial charge is 0.219 e. The highest BCUT2D eigenvalue weighted by Gasteiger charge is 2.29. The normalized spacial score (nSPS) is 25.1. The number of hydrogen-bond donors (Lipinski definition) is 1. The van der Waals surface area contributed by atoms with Gasteiger partial charge in [-0.25, -0.2) is 0 Å². The Kier molecular flexibility index (Phi) is 3.93. The number of aromatic nitrogens is 2. The van der Waals surface area contributed by atoms with Crippen LogP contribution in [0.25, 0.3) is 0 Å². The quantitative estimate of drug-likeness (QED) is 0.777. The predicted octanol–water partition coefficient (Wildman–Crippen LogP) is 2.13. The molecule has 1 fully saturated rings. The lowest BCUT2D eigenvalue weighted by molar-refractivity contribution is 0.378. The van der Waals surface area contributed by atoms with Crippen molar-refractivity contribution in [1.82, 2.24) is 15.5 Å². The Morgan fingerprint density at radius 3 is 2.94 bits per heavy atom. The van der Waals surface area contributed by atoms with Crippen molar-refractivity contribution < 1.29 is 4.42 Å². The van der Waals surface area contributed by atoms with Gasteiger partial charge >= 0.3 is 0 Å². The second-order valence-electron chi connectivity index (χ2n) is 4.76. The SMILES string of the molecule is CNCCCc1nnc(C2CCCC2C)o1. The molecular formula is C12H21N3O. The van der Waals surface area contributed by atoms with E-state index in [4.69, 9.17) is 4.42 Å². The van der Waals surface area contributed by atoms with E-state index in [1.54, 1.807) is 0 Å². The standard InChI is InChI=1S/C12H21N3O/c1-9-5-3-6-10(9)12-15-14-11(16-12)7-4-8-13-2/h9-10,13H,3-8H2,1-2H3. The van der Waals surface area contributed by atoms with Crippen molar-refractivity contribution in [3.8, 4) is 0 Å². The van der Waals surface area contributed by atoms with Crippen LogP contribution < -0.4 is 5.32 Å². The lowest BCUT2D eigenvalue weighted by Crippen LogP contribution is -2.08. The van der Waals surface area contributed by atoms with Gasteiger partial charge in [-0.2, -0.15) is 0 Å². The molecule has 4 nitrogen and oxygen atoms in total. The van der Waals surface area contributed by atoms with Gasteiger partial charge in [0.1, 0.15) is 0 Å². The first-order valence-corrected chi connectivity index (χ1v) is 6.28. The van der Waals surface area contributed by atoms with Gasteiger partial charge in [-0.3, -0.25) is 0 Å². The molecule has 1 saturated carbocycles. The molecule has 2 unspecified atom stereocenters. The average molecular weight is 223 g/mol. The van der Waals surface area contributed by atoms with Crippen LogP contribution in [0.15, 0.2) is 4.42 Å². The monoisotopic (exact) mass is 223 g/mol. The first kappa shape index (κ1) is 11.6. The molecular weight excluding hydrogens is 202 g/mol. The highest BCUT2D eigenvalue weighted by atomic mass is 16.4. The summed E-state index contributed by atoms with van der Waals surface area (Å²) in [5.74, 6) is 2.87. The van der Waals surface area contributed by atoms with E-state index in [1.165, 1.54) is 19.3 Å². The lowest BCUT2D eigenvalue weighted by atomic mass is 9.98. The van der Waals surface area contributed by atoms with E-state index < -0.39 is 0 Å². The zero-order chi connectivity index (χ0) is 11.4. The Labute approximate surface area is 96.8 Å². The maximum atomic E-state index is 5.73. The van der Waals surface area contributed by atoms with Crippen LogP contribution in [0.3, 0.4) is 0 Å². The molecule has 1 aliphatic rings. The summed E-state index contributed by atoms with van der Waals surface area (Å²) in [5.41, 5.74) is 0. The third-order valence-corrected chi connectivity index (χ3v) is 3.48. The fourth-order valence-electron chi connectivity index (χ4n) is 2.45. The van der Waals surface area contributed by atoms with E-state index in [0.29, 0.717) is 11.8 Å². The molecule has 4 heteroatoms. The fraction of sp³-hybridized carbons (Fsp3) is 0.833. The molecule has 2 rings (SSSR count). The number of aryl methyl sites for hydroxylation is 1. The van der Waals surface area contributed by atoms with Crippen molar-refractivity contribution in [2.24, 2.45) is 5.92 Å². The summed E-state index contributed by atoms with van der Waals surface area (Å²) in [6.07, 6.45) is 5.73. The summed E-state index contributed by atoms with van der Waals surface area (Å²) in [4.78, 5) is 0. The second-order valence-corrected chi connectivity index (χ2v) is 4.76. The number of nitrogens with one attached hydrogen (secondary N) is 1. The molecule has 2 atom stereocenters. The van der Waals surface area contributed by atoms with Gasteiger partial charge in [0.2, 0.25) is 11.8 Å². The van der Waals surface area contributed by atoms with Gasteiger partial charge in [0.05, 0.1) is 0 Å². The van der Waals surface area contributed by atoms with Crippen LogP contribution in [-0.2, 0) is 6.42 Å². The highest BCUT2D eigenvalue weighted by Crippen LogP contribution is 2.38. The van der Waals surface area contributed by atoms with Gasteiger partial charge in [-0.1, -0.05) is 13.3 Å². The van der Waals surface area contributed by atoms with Crippen LogP contribution in [0.1, 0.15) is 50.3 Å². The minimum atomic E-state index is 0.505. The summed E-state index contributed by atoms with van der Waals surface area (Å²) in [5, 5.41) is 11.4. The molecule has 0 saturated heterocycles. The number of rotatable bonds is 5. The third kappa shape index (κ3) is 2.61. The van der Waals surface area contributed by atoms with Crippen LogP contribution in [-0.4, -0.2) is 23.8 Å². The Morgan fingerprint density at radius 1 is 1.38 bits per heavy atom. The maximum absolute atomic E-state index is 5.73. The molecule has 1 N–H and O–H groups in total. The van der Waals surface area contributed by atoms with Crippen molar-refractivity contribution in [3.63, 3.8) is 0 Å². The first-order valence-electron chi connectivity index (χ1n) is 6.28. The van der Waals surface area contributed by atoms with E-state index >= 15 is 0 Å². The molecule has 0 aliphatic heterocycles. The molecule has 1 aromatic heterocycles. The predicted molar refractivity (Wildman–Crippen MR) is 62.3 cm³/mol. The van der Waals surface area contributed by atoms with Gasteiger partial charge < -0.3 is 9.73 Å². The van der Waals surface area contributed by atoms with Gasteiger partial charge in [0.25, 0.3) is 0 Å². The van der Waals surface area contributed by atoms with Crippen LogP contribution in [0, 0.1) is 5.92 Å².